The van der Waals surface area contributed by atoms with Crippen molar-refractivity contribution in [2.45, 2.75) is 30.9 Å². The Morgan fingerprint density at radius 2 is 2.12 bits per heavy atom. The number of benzene rings is 1. The predicted octanol–water partition coefficient (Wildman–Crippen LogP) is 0.0380. The van der Waals surface area contributed by atoms with Gasteiger partial charge in [-0.15, -0.1) is 0 Å². The van der Waals surface area contributed by atoms with Crippen LogP contribution in [0.2, 0.25) is 0 Å². The van der Waals surface area contributed by atoms with Gasteiger partial charge in [-0.1, -0.05) is 12.1 Å². The van der Waals surface area contributed by atoms with Crippen molar-refractivity contribution in [3.05, 3.63) is 52.6 Å². The van der Waals surface area contributed by atoms with Crippen LogP contribution >= 0.6 is 0 Å². The normalized spacial score (nSPS) is 22.4. The summed E-state index contributed by atoms with van der Waals surface area (Å²) in [5.74, 6) is -1.75. The standard InChI is InChI=1S/C19H21N7O7/c20-16-15-17(22-9-21-16)25(10-23-15)19(14(28)7-13(8-27)33-19)24-18(29)32-6-5-11-1-3-12(4-2-11)26(30)31/h1-4,9-10,13-14,27-28H,5-8H2,(H,24,29)(H2,20,21,22)/t13-,14+,19-/m0/s1. The number of nitrogen functional groups attached to an aromatic ring is 1. The predicted molar refractivity (Wildman–Crippen MR) is 112 cm³/mol. The zero-order valence-corrected chi connectivity index (χ0v) is 17.2. The molecule has 2 aromatic heterocycles. The first-order valence-corrected chi connectivity index (χ1v) is 9.93. The molecular weight excluding hydrogens is 438 g/mol. The Kier molecular flexibility index (Phi) is 6.04. The van der Waals surface area contributed by atoms with Crippen LogP contribution in [0.3, 0.4) is 0 Å². The summed E-state index contributed by atoms with van der Waals surface area (Å²) < 4.78 is 12.4. The number of nitrogens with one attached hydrogen (secondary N) is 1. The lowest BCUT2D eigenvalue weighted by molar-refractivity contribution is -0.384. The van der Waals surface area contributed by atoms with E-state index in [0.29, 0.717) is 6.42 Å². The molecule has 14 heteroatoms. The van der Waals surface area contributed by atoms with Gasteiger partial charge in [0.05, 0.1) is 24.2 Å². The number of carbonyl (C=O) groups excluding carboxylic acids is 1. The quantitative estimate of drug-likeness (QED) is 0.274. The van der Waals surface area contributed by atoms with E-state index in [4.69, 9.17) is 15.2 Å². The summed E-state index contributed by atoms with van der Waals surface area (Å²) in [5.41, 5.74) is 6.96. The summed E-state index contributed by atoms with van der Waals surface area (Å²) in [6, 6.07) is 5.86. The molecule has 1 saturated heterocycles. The number of hydrogen-bond donors (Lipinski definition) is 4. The molecule has 174 valence electrons. The van der Waals surface area contributed by atoms with Gasteiger partial charge in [0.2, 0.25) is 0 Å². The van der Waals surface area contributed by atoms with Crippen LogP contribution in [-0.2, 0) is 21.7 Å². The highest BCUT2D eigenvalue weighted by molar-refractivity contribution is 5.81. The molecule has 1 aliphatic heterocycles. The fourth-order valence-corrected chi connectivity index (χ4v) is 3.62. The van der Waals surface area contributed by atoms with Gasteiger partial charge in [0.1, 0.15) is 24.3 Å². The number of nitro groups is 1. The van der Waals surface area contributed by atoms with E-state index in [2.05, 4.69) is 20.3 Å². The van der Waals surface area contributed by atoms with Crippen molar-refractivity contribution in [2.24, 2.45) is 0 Å². The molecule has 0 aliphatic carbocycles. The van der Waals surface area contributed by atoms with Crippen LogP contribution in [0.15, 0.2) is 36.9 Å². The van der Waals surface area contributed by atoms with Gasteiger partial charge >= 0.3 is 6.09 Å². The maximum absolute atomic E-state index is 12.6. The van der Waals surface area contributed by atoms with Crippen molar-refractivity contribution in [3.63, 3.8) is 0 Å². The topological polar surface area (TPSA) is 201 Å². The number of ether oxygens (including phenoxy) is 2. The minimum atomic E-state index is -1.85. The van der Waals surface area contributed by atoms with E-state index in [1.54, 1.807) is 12.1 Å². The number of non-ortho nitro benzene ring substituents is 1. The minimum Gasteiger partial charge on any atom is -0.449 e. The molecule has 3 heterocycles. The molecule has 1 aliphatic rings. The molecule has 0 saturated carbocycles. The van der Waals surface area contributed by atoms with E-state index in [0.717, 1.165) is 5.56 Å². The summed E-state index contributed by atoms with van der Waals surface area (Å²) in [6.07, 6.45) is -0.119. The number of fused-ring (bicyclic) bond motifs is 1. The molecule has 4 rings (SSSR count). The average Bonchev–Trinajstić information content (AvgIpc) is 3.37. The number of carbonyl (C=O) groups is 1. The van der Waals surface area contributed by atoms with Crippen LogP contribution in [0.4, 0.5) is 16.3 Å². The number of aromatic nitrogens is 4. The number of rotatable bonds is 7. The Labute approximate surface area is 186 Å². The number of nitrogens with zero attached hydrogens (tertiary/aromatic N) is 5. The number of nitro benzene ring substituents is 1. The molecular formula is C19H21N7O7. The number of imidazole rings is 1. The Morgan fingerprint density at radius 3 is 2.79 bits per heavy atom. The molecule has 1 amide bonds. The second-order valence-electron chi connectivity index (χ2n) is 7.35. The largest absolute Gasteiger partial charge is 0.449 e. The Morgan fingerprint density at radius 1 is 1.36 bits per heavy atom. The second-order valence-corrected chi connectivity index (χ2v) is 7.35. The highest BCUT2D eigenvalue weighted by atomic mass is 16.6. The van der Waals surface area contributed by atoms with E-state index in [1.165, 1.54) is 29.4 Å². The van der Waals surface area contributed by atoms with Crippen LogP contribution < -0.4 is 11.1 Å². The van der Waals surface area contributed by atoms with Crippen molar-refractivity contribution in [1.82, 2.24) is 24.8 Å². The first kappa shape index (κ1) is 22.3. The minimum absolute atomic E-state index is 0.0276. The van der Waals surface area contributed by atoms with E-state index < -0.39 is 29.1 Å². The van der Waals surface area contributed by atoms with E-state index >= 15 is 0 Å². The number of amides is 1. The Hall–Kier alpha value is -3.88. The van der Waals surface area contributed by atoms with Crippen molar-refractivity contribution in [3.8, 4) is 0 Å². The third kappa shape index (κ3) is 4.26. The molecule has 3 atom stereocenters. The summed E-state index contributed by atoms with van der Waals surface area (Å²) in [7, 11) is 0. The van der Waals surface area contributed by atoms with Gasteiger partial charge in [-0.3, -0.25) is 20.0 Å². The maximum Gasteiger partial charge on any atom is 0.410 e. The van der Waals surface area contributed by atoms with Crippen LogP contribution in [0.1, 0.15) is 12.0 Å². The lowest BCUT2D eigenvalue weighted by Gasteiger charge is -2.33. The summed E-state index contributed by atoms with van der Waals surface area (Å²) >= 11 is 0. The molecule has 1 aromatic carbocycles. The van der Waals surface area contributed by atoms with Crippen molar-refractivity contribution >= 4 is 28.8 Å². The number of anilines is 1. The lowest BCUT2D eigenvalue weighted by atomic mass is 10.1. The van der Waals surface area contributed by atoms with Gasteiger partial charge in [0, 0.05) is 25.0 Å². The first-order chi connectivity index (χ1) is 15.8. The molecule has 33 heavy (non-hydrogen) atoms. The number of aliphatic hydroxyl groups is 2. The van der Waals surface area contributed by atoms with Crippen LogP contribution in [0.25, 0.3) is 11.2 Å². The summed E-state index contributed by atoms with van der Waals surface area (Å²) in [6.45, 7) is -0.432. The maximum atomic E-state index is 12.6. The molecule has 0 unspecified atom stereocenters. The molecule has 3 aromatic rings. The molecule has 14 nitrogen and oxygen atoms in total. The Bertz CT molecular complexity index is 1170. The first-order valence-electron chi connectivity index (χ1n) is 9.93. The molecule has 1 fully saturated rings. The van der Waals surface area contributed by atoms with Gasteiger partial charge in [0.15, 0.2) is 11.5 Å². The van der Waals surface area contributed by atoms with Gasteiger partial charge in [-0.2, -0.15) is 0 Å². The average molecular weight is 459 g/mol. The number of aliphatic hydroxyl groups excluding tert-OH is 2. The number of hydrogen-bond acceptors (Lipinski definition) is 11. The lowest BCUT2D eigenvalue weighted by Crippen LogP contribution is -2.57. The highest BCUT2D eigenvalue weighted by Gasteiger charge is 2.52. The van der Waals surface area contributed by atoms with Gasteiger partial charge in [-0.25, -0.2) is 19.7 Å². The smallest absolute Gasteiger partial charge is 0.410 e. The van der Waals surface area contributed by atoms with Crippen molar-refractivity contribution in [2.75, 3.05) is 18.9 Å². The monoisotopic (exact) mass is 459 g/mol. The SMILES string of the molecule is Nc1ncnc2c1ncn2[C@]1(NC(=O)OCCc2ccc([N+](=O)[O-])cc2)O[C@H](CO)C[C@H]1O. The van der Waals surface area contributed by atoms with Gasteiger partial charge in [-0.05, 0) is 5.56 Å². The van der Waals surface area contributed by atoms with Crippen LogP contribution in [0.5, 0.6) is 0 Å². The summed E-state index contributed by atoms with van der Waals surface area (Å²) in [4.78, 5) is 35.0. The molecule has 0 spiro atoms. The molecule has 0 radical (unpaired) electrons. The Balaban J connectivity index is 1.50. The van der Waals surface area contributed by atoms with Gasteiger partial charge < -0.3 is 25.4 Å². The molecule has 5 N–H and O–H groups in total. The summed E-state index contributed by atoms with van der Waals surface area (Å²) in [5, 5.41) is 33.6. The van der Waals surface area contributed by atoms with E-state index in [1.807, 2.05) is 0 Å². The third-order valence-corrected chi connectivity index (χ3v) is 5.26. The van der Waals surface area contributed by atoms with E-state index in [-0.39, 0.29) is 42.3 Å². The zero-order chi connectivity index (χ0) is 23.6. The van der Waals surface area contributed by atoms with Crippen molar-refractivity contribution < 1.29 is 29.4 Å². The van der Waals surface area contributed by atoms with Gasteiger partial charge in [0.25, 0.3) is 11.5 Å². The molecule has 0 bridgehead atoms. The van der Waals surface area contributed by atoms with Crippen LogP contribution in [-0.4, -0.2) is 66.2 Å². The number of alkyl carbamates (subject to hydrolysis) is 1. The van der Waals surface area contributed by atoms with E-state index in [9.17, 15) is 25.1 Å². The second kappa shape index (κ2) is 8.93. The van der Waals surface area contributed by atoms with Crippen LogP contribution in [0, 0.1) is 10.1 Å². The van der Waals surface area contributed by atoms with Crippen molar-refractivity contribution in [1.29, 1.82) is 0 Å². The fourth-order valence-electron chi connectivity index (χ4n) is 3.62. The number of nitrogens with two attached hydrogens (primary N) is 1. The third-order valence-electron chi connectivity index (χ3n) is 5.26. The zero-order valence-electron chi connectivity index (χ0n) is 17.2. The fraction of sp³-hybridized carbons (Fsp3) is 0.368. The highest BCUT2D eigenvalue weighted by Crippen LogP contribution is 2.35.